The highest BCUT2D eigenvalue weighted by Crippen LogP contribution is 2.32. The number of carbonyl (C=O) groups is 2. The molecule has 1 aromatic heterocycles. The minimum Gasteiger partial charge on any atom is -0.496 e. The maximum Gasteiger partial charge on any atom is 0.263 e. The van der Waals surface area contributed by atoms with Gasteiger partial charge < -0.3 is 4.74 Å². The number of methoxy groups -OCH3 is 1. The molecule has 0 spiro atoms. The molecule has 0 atom stereocenters. The SMILES string of the molecule is COc1ccc(CN2C(=O)c3ccncc3C2=O)cc1-c1cccc(C)c1. The van der Waals surface area contributed by atoms with E-state index in [1.54, 1.807) is 13.2 Å². The van der Waals surface area contributed by atoms with E-state index in [4.69, 9.17) is 4.74 Å². The molecule has 0 saturated heterocycles. The Labute approximate surface area is 157 Å². The van der Waals surface area contributed by atoms with Gasteiger partial charge in [0.25, 0.3) is 11.8 Å². The summed E-state index contributed by atoms with van der Waals surface area (Å²) in [5.74, 6) is 0.150. The van der Waals surface area contributed by atoms with E-state index in [0.717, 1.165) is 28.0 Å². The Hall–Kier alpha value is -3.47. The van der Waals surface area contributed by atoms with Crippen LogP contribution in [0.4, 0.5) is 0 Å². The van der Waals surface area contributed by atoms with E-state index in [9.17, 15) is 9.59 Å². The van der Waals surface area contributed by atoms with Gasteiger partial charge in [-0.15, -0.1) is 0 Å². The Kier molecular flexibility index (Phi) is 4.20. The zero-order valence-corrected chi connectivity index (χ0v) is 15.1. The maximum atomic E-state index is 12.6. The van der Waals surface area contributed by atoms with Crippen LogP contribution in [0.3, 0.4) is 0 Å². The Balaban J connectivity index is 1.69. The van der Waals surface area contributed by atoms with Crippen molar-refractivity contribution in [3.63, 3.8) is 0 Å². The van der Waals surface area contributed by atoms with Gasteiger partial charge in [0.2, 0.25) is 0 Å². The Morgan fingerprint density at radius 1 is 0.963 bits per heavy atom. The molecule has 27 heavy (non-hydrogen) atoms. The third kappa shape index (κ3) is 2.97. The van der Waals surface area contributed by atoms with Crippen LogP contribution in [0.15, 0.2) is 60.9 Å². The van der Waals surface area contributed by atoms with Gasteiger partial charge in [-0.25, -0.2) is 0 Å². The van der Waals surface area contributed by atoms with E-state index < -0.39 is 0 Å². The number of ether oxygens (including phenoxy) is 1. The molecule has 2 aromatic carbocycles. The van der Waals surface area contributed by atoms with Gasteiger partial charge in [-0.1, -0.05) is 35.9 Å². The fourth-order valence-corrected chi connectivity index (χ4v) is 3.35. The molecule has 5 heteroatoms. The minimum absolute atomic E-state index is 0.204. The summed E-state index contributed by atoms with van der Waals surface area (Å²) in [4.78, 5) is 30.4. The van der Waals surface area contributed by atoms with Gasteiger partial charge in [0, 0.05) is 18.0 Å². The van der Waals surface area contributed by atoms with Crippen molar-refractivity contribution in [2.24, 2.45) is 0 Å². The van der Waals surface area contributed by atoms with Gasteiger partial charge in [0.05, 0.1) is 24.8 Å². The van der Waals surface area contributed by atoms with Crippen LogP contribution >= 0.6 is 0 Å². The highest BCUT2D eigenvalue weighted by atomic mass is 16.5. The average Bonchev–Trinajstić information content (AvgIpc) is 2.93. The molecule has 0 unspecified atom stereocenters. The number of hydrogen-bond acceptors (Lipinski definition) is 4. The lowest BCUT2D eigenvalue weighted by atomic mass is 10.00. The molecule has 0 fully saturated rings. The molecule has 1 aliphatic heterocycles. The number of aromatic nitrogens is 1. The number of amides is 2. The molecule has 0 N–H and O–H groups in total. The number of pyridine rings is 1. The van der Waals surface area contributed by atoms with Crippen molar-refractivity contribution in [2.45, 2.75) is 13.5 Å². The van der Waals surface area contributed by atoms with Gasteiger partial charge in [0.15, 0.2) is 0 Å². The van der Waals surface area contributed by atoms with Gasteiger partial charge >= 0.3 is 0 Å². The lowest BCUT2D eigenvalue weighted by molar-refractivity contribution is 0.0642. The second-order valence-electron chi connectivity index (χ2n) is 6.52. The van der Waals surface area contributed by atoms with Crippen LogP contribution in [0.25, 0.3) is 11.1 Å². The van der Waals surface area contributed by atoms with Crippen LogP contribution in [0.1, 0.15) is 31.8 Å². The summed E-state index contributed by atoms with van der Waals surface area (Å²) in [6.45, 7) is 2.24. The van der Waals surface area contributed by atoms with Crippen molar-refractivity contribution in [3.05, 3.63) is 83.2 Å². The molecule has 2 heterocycles. The molecule has 2 amide bonds. The van der Waals surface area contributed by atoms with Crippen LogP contribution in [0.2, 0.25) is 0 Å². The van der Waals surface area contributed by atoms with E-state index in [2.05, 4.69) is 11.1 Å². The van der Waals surface area contributed by atoms with Gasteiger partial charge in [-0.2, -0.15) is 0 Å². The number of benzene rings is 2. The molecule has 134 valence electrons. The fraction of sp³-hybridized carbons (Fsp3) is 0.136. The Morgan fingerprint density at radius 2 is 1.78 bits per heavy atom. The van der Waals surface area contributed by atoms with Crippen LogP contribution in [0, 0.1) is 6.92 Å². The molecule has 0 saturated carbocycles. The summed E-state index contributed by atoms with van der Waals surface area (Å²) in [6.07, 6.45) is 2.97. The van der Waals surface area contributed by atoms with E-state index in [0.29, 0.717) is 11.1 Å². The fourth-order valence-electron chi connectivity index (χ4n) is 3.35. The second kappa shape index (κ2) is 6.68. The van der Waals surface area contributed by atoms with E-state index in [1.807, 2.05) is 43.3 Å². The van der Waals surface area contributed by atoms with Crippen molar-refractivity contribution in [1.82, 2.24) is 9.88 Å². The van der Waals surface area contributed by atoms with Gasteiger partial charge in [-0.3, -0.25) is 19.5 Å². The topological polar surface area (TPSA) is 59.5 Å². The van der Waals surface area contributed by atoms with Gasteiger partial charge in [-0.05, 0) is 36.2 Å². The largest absolute Gasteiger partial charge is 0.496 e. The third-order valence-corrected chi connectivity index (χ3v) is 4.71. The molecular weight excluding hydrogens is 340 g/mol. The summed E-state index contributed by atoms with van der Waals surface area (Å²) in [5, 5.41) is 0. The highest BCUT2D eigenvalue weighted by Gasteiger charge is 2.35. The summed E-state index contributed by atoms with van der Waals surface area (Å²) in [5.41, 5.74) is 4.72. The monoisotopic (exact) mass is 358 g/mol. The number of imide groups is 1. The molecule has 0 aliphatic carbocycles. The quantitative estimate of drug-likeness (QED) is 0.665. The van der Waals surface area contributed by atoms with Crippen LogP contribution < -0.4 is 4.74 Å². The lowest BCUT2D eigenvalue weighted by Gasteiger charge is -2.16. The first kappa shape index (κ1) is 17.0. The Morgan fingerprint density at radius 3 is 2.52 bits per heavy atom. The number of carbonyl (C=O) groups excluding carboxylic acids is 2. The standard InChI is InChI=1S/C22H18N2O3/c1-14-4-3-5-16(10-14)18-11-15(6-7-20(18)27-2)13-24-21(25)17-8-9-23-12-19(17)22(24)26/h3-12H,13H2,1-2H3. The van der Waals surface area contributed by atoms with Crippen molar-refractivity contribution in [2.75, 3.05) is 7.11 Å². The average molecular weight is 358 g/mol. The van der Waals surface area contributed by atoms with E-state index >= 15 is 0 Å². The number of hydrogen-bond donors (Lipinski definition) is 0. The highest BCUT2D eigenvalue weighted by molar-refractivity contribution is 6.21. The second-order valence-corrected chi connectivity index (χ2v) is 6.52. The molecule has 3 aromatic rings. The first-order valence-corrected chi connectivity index (χ1v) is 8.62. The van der Waals surface area contributed by atoms with Crippen molar-refractivity contribution < 1.29 is 14.3 Å². The van der Waals surface area contributed by atoms with E-state index in [1.165, 1.54) is 17.3 Å². The van der Waals surface area contributed by atoms with E-state index in [-0.39, 0.29) is 18.4 Å². The molecule has 0 radical (unpaired) electrons. The molecular formula is C22H18N2O3. The number of fused-ring (bicyclic) bond motifs is 1. The zero-order valence-electron chi connectivity index (χ0n) is 15.1. The minimum atomic E-state index is -0.309. The molecule has 1 aliphatic rings. The smallest absolute Gasteiger partial charge is 0.263 e. The molecule has 4 rings (SSSR count). The predicted octanol–water partition coefficient (Wildman–Crippen LogP) is 3.86. The van der Waals surface area contributed by atoms with Crippen molar-refractivity contribution in [1.29, 1.82) is 0 Å². The Bertz CT molecular complexity index is 1020. The van der Waals surface area contributed by atoms with Crippen LogP contribution in [0.5, 0.6) is 5.75 Å². The first-order chi connectivity index (χ1) is 13.1. The van der Waals surface area contributed by atoms with Crippen molar-refractivity contribution >= 4 is 11.8 Å². The van der Waals surface area contributed by atoms with Crippen molar-refractivity contribution in [3.8, 4) is 16.9 Å². The normalized spacial score (nSPS) is 13.0. The number of rotatable bonds is 4. The van der Waals surface area contributed by atoms with Gasteiger partial charge in [0.1, 0.15) is 5.75 Å². The van der Waals surface area contributed by atoms with Crippen LogP contribution in [-0.4, -0.2) is 28.8 Å². The summed E-state index contributed by atoms with van der Waals surface area (Å²) in [7, 11) is 1.63. The maximum absolute atomic E-state index is 12.6. The summed E-state index contributed by atoms with van der Waals surface area (Å²) in [6, 6.07) is 15.4. The summed E-state index contributed by atoms with van der Waals surface area (Å²) < 4.78 is 5.50. The zero-order chi connectivity index (χ0) is 19.0. The van der Waals surface area contributed by atoms with Crippen LogP contribution in [-0.2, 0) is 6.54 Å². The number of nitrogens with zero attached hydrogens (tertiary/aromatic N) is 2. The first-order valence-electron chi connectivity index (χ1n) is 8.62. The lowest BCUT2D eigenvalue weighted by Crippen LogP contribution is -2.29. The third-order valence-electron chi connectivity index (χ3n) is 4.71. The predicted molar refractivity (Wildman–Crippen MR) is 102 cm³/mol. The molecule has 0 bridgehead atoms. The summed E-state index contributed by atoms with van der Waals surface area (Å²) >= 11 is 0. The number of aryl methyl sites for hydroxylation is 1. The molecule has 5 nitrogen and oxygen atoms in total.